The molecule has 0 bridgehead atoms. The topological polar surface area (TPSA) is 74.6 Å². The Kier molecular flexibility index (Phi) is 6.90. The molecule has 0 fully saturated rings. The molecule has 0 saturated heterocycles. The number of methoxy groups -OCH3 is 3. The Bertz CT molecular complexity index is 1010. The lowest BCUT2D eigenvalue weighted by Crippen LogP contribution is -2.15. The predicted molar refractivity (Wildman–Crippen MR) is 114 cm³/mol. The van der Waals surface area contributed by atoms with Crippen molar-refractivity contribution in [2.75, 3.05) is 32.4 Å². The molecule has 29 heavy (non-hydrogen) atoms. The van der Waals surface area contributed by atoms with Crippen LogP contribution < -0.4 is 19.5 Å². The minimum absolute atomic E-state index is 0.158. The summed E-state index contributed by atoms with van der Waals surface area (Å²) < 4.78 is 17.8. The second-order valence-corrected chi connectivity index (χ2v) is 7.18. The summed E-state index contributed by atoms with van der Waals surface area (Å²) in [5.41, 5.74) is 1.32. The van der Waals surface area contributed by atoms with Gasteiger partial charge in [-0.25, -0.2) is 4.98 Å². The number of halogens is 1. The van der Waals surface area contributed by atoms with Crippen LogP contribution in [-0.2, 0) is 4.79 Å². The third-order valence-electron chi connectivity index (χ3n) is 4.02. The Hall–Kier alpha value is -2.84. The van der Waals surface area contributed by atoms with E-state index in [0.29, 0.717) is 33.1 Å². The first kappa shape index (κ1) is 20.9. The molecule has 0 aliphatic carbocycles. The van der Waals surface area contributed by atoms with Crippen LogP contribution in [0.2, 0.25) is 5.02 Å². The van der Waals surface area contributed by atoms with Crippen molar-refractivity contribution in [2.24, 2.45) is 0 Å². The number of aromatic nitrogens is 2. The van der Waals surface area contributed by atoms with E-state index in [-0.39, 0.29) is 11.7 Å². The van der Waals surface area contributed by atoms with Gasteiger partial charge in [-0.15, -0.1) is 0 Å². The van der Waals surface area contributed by atoms with Crippen LogP contribution in [0.3, 0.4) is 0 Å². The quantitative estimate of drug-likeness (QED) is 0.534. The molecule has 0 aliphatic heterocycles. The molecule has 3 aromatic rings. The van der Waals surface area contributed by atoms with Gasteiger partial charge in [0, 0.05) is 23.5 Å². The van der Waals surface area contributed by atoms with E-state index >= 15 is 0 Å². The number of thioether (sulfide) groups is 1. The molecule has 0 aliphatic rings. The summed E-state index contributed by atoms with van der Waals surface area (Å²) in [6, 6.07) is 10.6. The van der Waals surface area contributed by atoms with Gasteiger partial charge in [-0.2, -0.15) is 0 Å². The van der Waals surface area contributed by atoms with Crippen molar-refractivity contribution >= 4 is 35.0 Å². The van der Waals surface area contributed by atoms with Crippen LogP contribution in [-0.4, -0.2) is 42.5 Å². The first-order valence-electron chi connectivity index (χ1n) is 8.57. The summed E-state index contributed by atoms with van der Waals surface area (Å²) in [7, 11) is 4.72. The van der Waals surface area contributed by atoms with Gasteiger partial charge in [-0.05, 0) is 30.3 Å². The highest BCUT2D eigenvalue weighted by atomic mass is 35.5. The lowest BCUT2D eigenvalue weighted by molar-refractivity contribution is -0.113. The minimum Gasteiger partial charge on any atom is -0.497 e. The third-order valence-corrected chi connectivity index (χ3v) is 5.22. The molecule has 0 saturated carbocycles. The van der Waals surface area contributed by atoms with E-state index in [1.807, 2.05) is 22.9 Å². The van der Waals surface area contributed by atoms with E-state index in [4.69, 9.17) is 25.8 Å². The van der Waals surface area contributed by atoms with Crippen molar-refractivity contribution in [1.82, 2.24) is 9.55 Å². The molecule has 0 unspecified atom stereocenters. The number of carbonyl (C=O) groups excluding carboxylic acids is 1. The smallest absolute Gasteiger partial charge is 0.234 e. The van der Waals surface area contributed by atoms with E-state index in [1.54, 1.807) is 44.7 Å². The van der Waals surface area contributed by atoms with Crippen LogP contribution in [0.25, 0.3) is 5.69 Å². The maximum absolute atomic E-state index is 12.4. The van der Waals surface area contributed by atoms with Gasteiger partial charge >= 0.3 is 0 Å². The number of rotatable bonds is 8. The molecule has 1 N–H and O–H groups in total. The number of imidazole rings is 1. The fourth-order valence-corrected chi connectivity index (χ4v) is 3.60. The number of carbonyl (C=O) groups is 1. The summed E-state index contributed by atoms with van der Waals surface area (Å²) in [5.74, 6) is 1.82. The van der Waals surface area contributed by atoms with E-state index in [1.165, 1.54) is 18.9 Å². The molecule has 0 atom stereocenters. The summed E-state index contributed by atoms with van der Waals surface area (Å²) in [6.07, 6.45) is 3.48. The molecule has 3 rings (SSSR count). The van der Waals surface area contributed by atoms with Gasteiger partial charge in [0.25, 0.3) is 0 Å². The SMILES string of the molecule is COc1ccc(-n2ccnc2SCC(=O)Nc2cc(Cl)ccc2OC)c(OC)c1. The Morgan fingerprint density at radius 3 is 2.62 bits per heavy atom. The van der Waals surface area contributed by atoms with Crippen LogP contribution in [0.4, 0.5) is 5.69 Å². The minimum atomic E-state index is -0.202. The van der Waals surface area contributed by atoms with Crippen LogP contribution in [0, 0.1) is 0 Å². The van der Waals surface area contributed by atoms with Crippen molar-refractivity contribution in [3.8, 4) is 22.9 Å². The lowest BCUT2D eigenvalue weighted by Gasteiger charge is -2.13. The summed E-state index contributed by atoms with van der Waals surface area (Å²) >= 11 is 7.31. The lowest BCUT2D eigenvalue weighted by atomic mass is 10.2. The third kappa shape index (κ3) is 4.96. The first-order chi connectivity index (χ1) is 14.0. The number of nitrogens with one attached hydrogen (secondary N) is 1. The van der Waals surface area contributed by atoms with Gasteiger partial charge in [0.1, 0.15) is 17.2 Å². The zero-order chi connectivity index (χ0) is 20.8. The first-order valence-corrected chi connectivity index (χ1v) is 9.94. The molecule has 1 amide bonds. The maximum Gasteiger partial charge on any atom is 0.234 e. The van der Waals surface area contributed by atoms with Gasteiger partial charge in [0.05, 0.1) is 38.5 Å². The molecule has 1 heterocycles. The van der Waals surface area contributed by atoms with Crippen molar-refractivity contribution < 1.29 is 19.0 Å². The molecular weight excluding hydrogens is 414 g/mol. The van der Waals surface area contributed by atoms with Crippen molar-refractivity contribution in [3.05, 3.63) is 53.8 Å². The Balaban J connectivity index is 1.73. The van der Waals surface area contributed by atoms with Gasteiger partial charge in [0.15, 0.2) is 5.16 Å². The summed E-state index contributed by atoms with van der Waals surface area (Å²) in [5, 5.41) is 3.98. The van der Waals surface area contributed by atoms with Crippen LogP contribution >= 0.6 is 23.4 Å². The van der Waals surface area contributed by atoms with E-state index < -0.39 is 0 Å². The number of anilines is 1. The zero-order valence-corrected chi connectivity index (χ0v) is 17.7. The fourth-order valence-electron chi connectivity index (χ4n) is 2.66. The van der Waals surface area contributed by atoms with Crippen LogP contribution in [0.15, 0.2) is 53.9 Å². The molecule has 7 nitrogen and oxygen atoms in total. The van der Waals surface area contributed by atoms with E-state index in [0.717, 1.165) is 5.69 Å². The number of hydrogen-bond donors (Lipinski definition) is 1. The molecule has 0 spiro atoms. The zero-order valence-electron chi connectivity index (χ0n) is 16.1. The van der Waals surface area contributed by atoms with Crippen molar-refractivity contribution in [1.29, 1.82) is 0 Å². The van der Waals surface area contributed by atoms with Gasteiger partial charge in [-0.3, -0.25) is 9.36 Å². The van der Waals surface area contributed by atoms with E-state index in [2.05, 4.69) is 10.3 Å². The number of amides is 1. The average molecular weight is 434 g/mol. The van der Waals surface area contributed by atoms with Gasteiger partial charge in [-0.1, -0.05) is 23.4 Å². The molecule has 152 valence electrons. The van der Waals surface area contributed by atoms with Gasteiger partial charge < -0.3 is 19.5 Å². The number of nitrogens with zero attached hydrogens (tertiary/aromatic N) is 2. The average Bonchev–Trinajstić information content (AvgIpc) is 3.20. The monoisotopic (exact) mass is 433 g/mol. The largest absolute Gasteiger partial charge is 0.497 e. The molecule has 2 aromatic carbocycles. The Morgan fingerprint density at radius 2 is 1.90 bits per heavy atom. The number of benzene rings is 2. The maximum atomic E-state index is 12.4. The number of ether oxygens (including phenoxy) is 3. The van der Waals surface area contributed by atoms with Crippen molar-refractivity contribution in [3.63, 3.8) is 0 Å². The van der Waals surface area contributed by atoms with Crippen molar-refractivity contribution in [2.45, 2.75) is 5.16 Å². The molecule has 0 radical (unpaired) electrons. The highest BCUT2D eigenvalue weighted by Gasteiger charge is 2.14. The number of hydrogen-bond acceptors (Lipinski definition) is 6. The molecule has 1 aromatic heterocycles. The van der Waals surface area contributed by atoms with Crippen LogP contribution in [0.5, 0.6) is 17.2 Å². The molecule has 9 heteroatoms. The second kappa shape index (κ2) is 9.58. The van der Waals surface area contributed by atoms with E-state index in [9.17, 15) is 4.79 Å². The highest BCUT2D eigenvalue weighted by Crippen LogP contribution is 2.31. The normalized spacial score (nSPS) is 10.5. The summed E-state index contributed by atoms with van der Waals surface area (Å²) in [4.78, 5) is 16.8. The van der Waals surface area contributed by atoms with Crippen LogP contribution in [0.1, 0.15) is 0 Å². The molecular formula is C20H20ClN3O4S. The Labute approximate surface area is 177 Å². The highest BCUT2D eigenvalue weighted by molar-refractivity contribution is 7.99. The summed E-state index contributed by atoms with van der Waals surface area (Å²) in [6.45, 7) is 0. The Morgan fingerprint density at radius 1 is 1.10 bits per heavy atom. The fraction of sp³-hybridized carbons (Fsp3) is 0.200. The standard InChI is InChI=1S/C20H20ClN3O4S/c1-26-14-5-6-16(18(11-14)28-3)24-9-8-22-20(24)29-12-19(25)23-15-10-13(21)4-7-17(15)27-2/h4-11H,12H2,1-3H3,(H,23,25). The van der Waals surface area contributed by atoms with Gasteiger partial charge in [0.2, 0.25) is 5.91 Å². The second-order valence-electron chi connectivity index (χ2n) is 5.80. The predicted octanol–water partition coefficient (Wildman–Crippen LogP) is 4.28.